The molecule has 1 aromatic carbocycles. The molecular formula is C20H32OSi. The van der Waals surface area contributed by atoms with E-state index in [1.165, 1.54) is 0 Å². The molecule has 2 heteroatoms. The standard InChI is InChI=1S/C20H32OSi/c1-8-20(21)19-11-9-18(10-12-19)13-14-22(15(2)3,16(4)5)17(6)7/h9-12,15-17,20-21H,8H2,1-7H3. The Kier molecular flexibility index (Phi) is 6.90. The highest BCUT2D eigenvalue weighted by Crippen LogP contribution is 2.40. The van der Waals surface area contributed by atoms with Crippen LogP contribution in [0.3, 0.4) is 0 Å². The minimum absolute atomic E-state index is 0.363. The molecule has 22 heavy (non-hydrogen) atoms. The van der Waals surface area contributed by atoms with Gasteiger partial charge in [0, 0.05) is 5.56 Å². The van der Waals surface area contributed by atoms with Crippen molar-refractivity contribution in [3.05, 3.63) is 35.4 Å². The van der Waals surface area contributed by atoms with Crippen molar-refractivity contribution >= 4 is 8.07 Å². The van der Waals surface area contributed by atoms with E-state index in [2.05, 4.69) is 53.0 Å². The maximum absolute atomic E-state index is 9.87. The van der Waals surface area contributed by atoms with E-state index in [0.29, 0.717) is 16.6 Å². The van der Waals surface area contributed by atoms with Crippen molar-refractivity contribution in [3.8, 4) is 11.5 Å². The summed E-state index contributed by atoms with van der Waals surface area (Å²) in [4.78, 5) is 0. The van der Waals surface area contributed by atoms with Gasteiger partial charge < -0.3 is 5.11 Å². The number of rotatable bonds is 5. The maximum atomic E-state index is 9.87. The average molecular weight is 317 g/mol. The molecule has 1 N–H and O–H groups in total. The number of aliphatic hydroxyl groups excluding tert-OH is 1. The van der Waals surface area contributed by atoms with Crippen LogP contribution in [0.5, 0.6) is 0 Å². The second kappa shape index (κ2) is 7.99. The van der Waals surface area contributed by atoms with Gasteiger partial charge >= 0.3 is 0 Å². The first-order valence-corrected chi connectivity index (χ1v) is 10.8. The molecule has 0 saturated carbocycles. The molecule has 0 heterocycles. The van der Waals surface area contributed by atoms with Crippen molar-refractivity contribution < 1.29 is 5.11 Å². The van der Waals surface area contributed by atoms with Crippen molar-refractivity contribution in [3.63, 3.8) is 0 Å². The smallest absolute Gasteiger partial charge is 0.146 e. The SMILES string of the molecule is CCC(O)c1ccc(C#C[Si](C(C)C)(C(C)C)C(C)C)cc1. The first-order chi connectivity index (χ1) is 10.3. The van der Waals surface area contributed by atoms with Gasteiger partial charge in [0.05, 0.1) is 6.10 Å². The Balaban J connectivity index is 3.13. The van der Waals surface area contributed by atoms with E-state index < -0.39 is 8.07 Å². The number of benzene rings is 1. The molecule has 122 valence electrons. The van der Waals surface area contributed by atoms with Crippen LogP contribution in [0.1, 0.15) is 72.1 Å². The number of hydrogen-bond donors (Lipinski definition) is 1. The van der Waals surface area contributed by atoms with Crippen LogP contribution >= 0.6 is 0 Å². The largest absolute Gasteiger partial charge is 0.388 e. The molecule has 1 atom stereocenters. The molecule has 0 aliphatic carbocycles. The topological polar surface area (TPSA) is 20.2 Å². The van der Waals surface area contributed by atoms with Gasteiger partial charge in [-0.2, -0.15) is 0 Å². The summed E-state index contributed by atoms with van der Waals surface area (Å²) in [5.74, 6) is 3.44. The third-order valence-corrected chi connectivity index (χ3v) is 11.3. The first kappa shape index (κ1) is 19.0. The van der Waals surface area contributed by atoms with Crippen molar-refractivity contribution in [1.82, 2.24) is 0 Å². The van der Waals surface area contributed by atoms with Gasteiger partial charge in [-0.25, -0.2) is 0 Å². The summed E-state index contributed by atoms with van der Waals surface area (Å²) in [5.41, 5.74) is 7.74. The first-order valence-electron chi connectivity index (χ1n) is 8.56. The minimum Gasteiger partial charge on any atom is -0.388 e. The van der Waals surface area contributed by atoms with Crippen LogP contribution in [-0.2, 0) is 0 Å². The van der Waals surface area contributed by atoms with Crippen LogP contribution in [0.4, 0.5) is 0 Å². The van der Waals surface area contributed by atoms with E-state index >= 15 is 0 Å². The Morgan fingerprint density at radius 1 is 0.909 bits per heavy atom. The molecule has 0 bridgehead atoms. The molecule has 1 rings (SSSR count). The van der Waals surface area contributed by atoms with E-state index in [9.17, 15) is 5.11 Å². The third kappa shape index (κ3) is 4.03. The predicted molar refractivity (Wildman–Crippen MR) is 99.6 cm³/mol. The molecule has 0 radical (unpaired) electrons. The maximum Gasteiger partial charge on any atom is 0.146 e. The summed E-state index contributed by atoms with van der Waals surface area (Å²) in [6.07, 6.45) is 0.382. The molecule has 0 spiro atoms. The van der Waals surface area contributed by atoms with Gasteiger partial charge in [0.2, 0.25) is 0 Å². The molecule has 1 unspecified atom stereocenters. The van der Waals surface area contributed by atoms with Gasteiger partial charge in [-0.15, -0.1) is 5.54 Å². The highest BCUT2D eigenvalue weighted by Gasteiger charge is 2.41. The Labute approximate surface area is 138 Å². The third-order valence-electron chi connectivity index (χ3n) is 4.97. The van der Waals surface area contributed by atoms with E-state index in [1.807, 2.05) is 31.2 Å². The van der Waals surface area contributed by atoms with Gasteiger partial charge in [-0.1, -0.05) is 66.5 Å². The summed E-state index contributed by atoms with van der Waals surface area (Å²) < 4.78 is 0. The summed E-state index contributed by atoms with van der Waals surface area (Å²) in [5, 5.41) is 9.87. The fraction of sp³-hybridized carbons (Fsp3) is 0.600. The molecular weight excluding hydrogens is 284 g/mol. The zero-order valence-corrected chi connectivity index (χ0v) is 16.3. The van der Waals surface area contributed by atoms with Crippen molar-refractivity contribution in [2.75, 3.05) is 0 Å². The molecule has 0 fully saturated rings. The second-order valence-electron chi connectivity index (χ2n) is 7.19. The quantitative estimate of drug-likeness (QED) is 0.546. The van der Waals surface area contributed by atoms with Crippen molar-refractivity contribution in [2.45, 2.75) is 77.6 Å². The van der Waals surface area contributed by atoms with E-state index in [0.717, 1.165) is 17.5 Å². The fourth-order valence-electron chi connectivity index (χ4n) is 3.64. The molecule has 1 aromatic rings. The van der Waals surface area contributed by atoms with Crippen LogP contribution < -0.4 is 0 Å². The van der Waals surface area contributed by atoms with E-state index in [-0.39, 0.29) is 6.10 Å². The van der Waals surface area contributed by atoms with Gasteiger partial charge in [-0.3, -0.25) is 0 Å². The zero-order chi connectivity index (χ0) is 16.9. The van der Waals surface area contributed by atoms with Crippen LogP contribution in [-0.4, -0.2) is 13.2 Å². The van der Waals surface area contributed by atoms with Gasteiger partial charge in [0.15, 0.2) is 0 Å². The van der Waals surface area contributed by atoms with Crippen LogP contribution in [0.15, 0.2) is 24.3 Å². The Bertz CT molecular complexity index is 495. The number of aliphatic hydroxyl groups is 1. The summed E-state index contributed by atoms with van der Waals surface area (Å²) >= 11 is 0. The lowest BCUT2D eigenvalue weighted by molar-refractivity contribution is 0.173. The van der Waals surface area contributed by atoms with E-state index in [1.54, 1.807) is 0 Å². The summed E-state index contributed by atoms with van der Waals surface area (Å²) in [7, 11) is -1.66. The Hall–Kier alpha value is -1.04. The zero-order valence-electron chi connectivity index (χ0n) is 15.3. The molecule has 1 nitrogen and oxygen atoms in total. The van der Waals surface area contributed by atoms with Crippen LogP contribution in [0.25, 0.3) is 0 Å². The monoisotopic (exact) mass is 316 g/mol. The molecule has 0 aliphatic heterocycles. The highest BCUT2D eigenvalue weighted by molar-refractivity contribution is 6.90. The number of hydrogen-bond acceptors (Lipinski definition) is 1. The molecule has 0 aromatic heterocycles. The molecule has 0 aliphatic rings. The highest BCUT2D eigenvalue weighted by atomic mass is 28.3. The van der Waals surface area contributed by atoms with Gasteiger partial charge in [0.1, 0.15) is 8.07 Å². The van der Waals surface area contributed by atoms with Crippen LogP contribution in [0.2, 0.25) is 16.6 Å². The molecule has 0 saturated heterocycles. The summed E-state index contributed by atoms with van der Waals surface area (Å²) in [6.45, 7) is 16.0. The van der Waals surface area contributed by atoms with Gasteiger partial charge in [-0.05, 0) is 40.7 Å². The van der Waals surface area contributed by atoms with Crippen molar-refractivity contribution in [1.29, 1.82) is 0 Å². The second-order valence-corrected chi connectivity index (χ2v) is 12.8. The van der Waals surface area contributed by atoms with Gasteiger partial charge in [0.25, 0.3) is 0 Å². The lowest BCUT2D eigenvalue weighted by atomic mass is 10.1. The Morgan fingerprint density at radius 2 is 1.36 bits per heavy atom. The predicted octanol–water partition coefficient (Wildman–Crippen LogP) is 5.70. The summed E-state index contributed by atoms with van der Waals surface area (Å²) in [6, 6.07) is 8.09. The van der Waals surface area contributed by atoms with Crippen LogP contribution in [0, 0.1) is 11.5 Å². The lowest BCUT2D eigenvalue weighted by Crippen LogP contribution is -2.43. The minimum atomic E-state index is -1.66. The van der Waals surface area contributed by atoms with E-state index in [4.69, 9.17) is 0 Å². The molecule has 0 amide bonds. The Morgan fingerprint density at radius 3 is 1.73 bits per heavy atom. The average Bonchev–Trinajstić information content (AvgIpc) is 2.46. The fourth-order valence-corrected chi connectivity index (χ4v) is 8.86. The van der Waals surface area contributed by atoms with Crippen molar-refractivity contribution in [2.24, 2.45) is 0 Å². The lowest BCUT2D eigenvalue weighted by Gasteiger charge is -2.38. The normalized spacial score (nSPS) is 13.4.